The van der Waals surface area contributed by atoms with Gasteiger partial charge in [-0.3, -0.25) is 19.3 Å². The van der Waals surface area contributed by atoms with E-state index >= 15 is 0 Å². The van der Waals surface area contributed by atoms with Crippen molar-refractivity contribution in [2.45, 2.75) is 45.1 Å². The molecule has 4 rings (SSSR count). The Balaban J connectivity index is 1.22. The molecular formula is C29H36N2O6. The lowest BCUT2D eigenvalue weighted by Crippen LogP contribution is -2.34. The average molecular weight is 509 g/mol. The summed E-state index contributed by atoms with van der Waals surface area (Å²) in [7, 11) is 3.21. The summed E-state index contributed by atoms with van der Waals surface area (Å²) in [6.45, 7) is 3.17. The number of carbonyl (C=O) groups is 3. The van der Waals surface area contributed by atoms with E-state index in [2.05, 4.69) is 10.2 Å². The SMILES string of the molecule is COc1cc2c(cc1OC)C(=O)C(CC1CCN(Cc3ccc(C(=O)NCCCC(=O)O)cc3)CC1)C2. The molecule has 1 unspecified atom stereocenters. The van der Waals surface area contributed by atoms with Gasteiger partial charge in [0.15, 0.2) is 17.3 Å². The molecular weight excluding hydrogens is 472 g/mol. The molecule has 37 heavy (non-hydrogen) atoms. The number of hydrogen-bond donors (Lipinski definition) is 2. The highest BCUT2D eigenvalue weighted by molar-refractivity contribution is 6.03. The Kier molecular flexibility index (Phi) is 8.82. The van der Waals surface area contributed by atoms with Crippen LogP contribution in [0.25, 0.3) is 0 Å². The third-order valence-corrected chi connectivity index (χ3v) is 7.51. The van der Waals surface area contributed by atoms with Gasteiger partial charge in [0.2, 0.25) is 0 Å². The number of rotatable bonds is 11. The van der Waals surface area contributed by atoms with Crippen LogP contribution < -0.4 is 14.8 Å². The van der Waals surface area contributed by atoms with Crippen LogP contribution in [0.4, 0.5) is 0 Å². The number of amides is 1. The first-order chi connectivity index (χ1) is 17.9. The molecule has 0 spiro atoms. The molecule has 1 saturated heterocycles. The van der Waals surface area contributed by atoms with Gasteiger partial charge in [0, 0.05) is 36.6 Å². The van der Waals surface area contributed by atoms with Crippen molar-refractivity contribution < 1.29 is 29.0 Å². The number of ether oxygens (including phenoxy) is 2. The second kappa shape index (κ2) is 12.2. The van der Waals surface area contributed by atoms with E-state index in [1.165, 1.54) is 0 Å². The van der Waals surface area contributed by atoms with Crippen molar-refractivity contribution in [1.82, 2.24) is 10.2 Å². The van der Waals surface area contributed by atoms with Gasteiger partial charge in [-0.2, -0.15) is 0 Å². The van der Waals surface area contributed by atoms with Gasteiger partial charge >= 0.3 is 5.97 Å². The summed E-state index contributed by atoms with van der Waals surface area (Å²) in [6.07, 6.45) is 4.30. The molecule has 1 heterocycles. The third-order valence-electron chi connectivity index (χ3n) is 7.51. The predicted molar refractivity (Wildman–Crippen MR) is 139 cm³/mol. The monoisotopic (exact) mass is 508 g/mol. The summed E-state index contributed by atoms with van der Waals surface area (Å²) >= 11 is 0. The number of nitrogens with zero attached hydrogens (tertiary/aromatic N) is 1. The number of fused-ring (bicyclic) bond motifs is 1. The van der Waals surface area contributed by atoms with Crippen molar-refractivity contribution in [3.63, 3.8) is 0 Å². The van der Waals surface area contributed by atoms with Gasteiger partial charge in [0.05, 0.1) is 14.2 Å². The van der Waals surface area contributed by atoms with Crippen LogP contribution in [0.5, 0.6) is 11.5 Å². The quantitative estimate of drug-likeness (QED) is 0.443. The maximum Gasteiger partial charge on any atom is 0.303 e. The van der Waals surface area contributed by atoms with Gasteiger partial charge in [-0.1, -0.05) is 12.1 Å². The first-order valence-corrected chi connectivity index (χ1v) is 13.0. The molecule has 1 aliphatic carbocycles. The average Bonchev–Trinajstić information content (AvgIpc) is 3.20. The van der Waals surface area contributed by atoms with E-state index < -0.39 is 5.97 Å². The highest BCUT2D eigenvalue weighted by Gasteiger charge is 2.34. The zero-order chi connectivity index (χ0) is 26.4. The summed E-state index contributed by atoms with van der Waals surface area (Å²) in [5.74, 6) is 1.03. The number of nitrogens with one attached hydrogen (secondary N) is 1. The second-order valence-corrected chi connectivity index (χ2v) is 10.0. The Morgan fingerprint density at radius 2 is 1.73 bits per heavy atom. The maximum atomic E-state index is 13.1. The van der Waals surface area contributed by atoms with Crippen LogP contribution in [0.1, 0.15) is 63.9 Å². The number of likely N-dealkylation sites (tertiary alicyclic amines) is 1. The molecule has 0 aromatic heterocycles. The third kappa shape index (κ3) is 6.68. The fourth-order valence-electron chi connectivity index (χ4n) is 5.43. The number of hydrogen-bond acceptors (Lipinski definition) is 6. The largest absolute Gasteiger partial charge is 0.493 e. The molecule has 8 nitrogen and oxygen atoms in total. The number of ketones is 1. The molecule has 0 radical (unpaired) electrons. The minimum Gasteiger partial charge on any atom is -0.493 e. The Hall–Kier alpha value is -3.39. The molecule has 1 aliphatic heterocycles. The van der Waals surface area contributed by atoms with Gasteiger partial charge in [-0.15, -0.1) is 0 Å². The van der Waals surface area contributed by atoms with Crippen LogP contribution in [-0.2, 0) is 17.8 Å². The standard InChI is InChI=1S/C29H36N2O6/c1-36-25-16-22-15-23(28(34)24(22)17-26(25)37-2)14-19-9-12-31(13-10-19)18-20-5-7-21(8-6-20)29(35)30-11-3-4-27(32)33/h5-8,16-17,19,23H,3-4,9-15,18H2,1-2H3,(H,30,35)(H,32,33). The van der Waals surface area contributed by atoms with E-state index in [-0.39, 0.29) is 24.0 Å². The van der Waals surface area contributed by atoms with E-state index in [0.717, 1.165) is 62.0 Å². The van der Waals surface area contributed by atoms with Crippen molar-refractivity contribution >= 4 is 17.7 Å². The summed E-state index contributed by atoms with van der Waals surface area (Å²) in [5, 5.41) is 11.4. The first-order valence-electron chi connectivity index (χ1n) is 13.0. The summed E-state index contributed by atoms with van der Waals surface area (Å²) in [4.78, 5) is 38.3. The van der Waals surface area contributed by atoms with Gasteiger partial charge in [0.1, 0.15) is 0 Å². The van der Waals surface area contributed by atoms with E-state index in [9.17, 15) is 14.4 Å². The maximum absolute atomic E-state index is 13.1. The smallest absolute Gasteiger partial charge is 0.303 e. The first kappa shape index (κ1) is 26.7. The summed E-state index contributed by atoms with van der Waals surface area (Å²) in [5.41, 5.74) is 3.57. The number of benzene rings is 2. The molecule has 0 saturated carbocycles. The molecule has 2 N–H and O–H groups in total. The lowest BCUT2D eigenvalue weighted by molar-refractivity contribution is -0.137. The van der Waals surface area contributed by atoms with Crippen molar-refractivity contribution in [1.29, 1.82) is 0 Å². The zero-order valence-electron chi connectivity index (χ0n) is 21.6. The molecule has 2 aliphatic rings. The minimum atomic E-state index is -0.859. The topological polar surface area (TPSA) is 105 Å². The van der Waals surface area contributed by atoms with Crippen LogP contribution in [0.3, 0.4) is 0 Å². The number of aliphatic carboxylic acids is 1. The Labute approximate surface area is 217 Å². The van der Waals surface area contributed by atoms with E-state index in [0.29, 0.717) is 35.9 Å². The molecule has 1 atom stereocenters. The molecule has 0 bridgehead atoms. The highest BCUT2D eigenvalue weighted by Crippen LogP contribution is 2.39. The van der Waals surface area contributed by atoms with Crippen molar-refractivity contribution in [3.05, 3.63) is 58.7 Å². The van der Waals surface area contributed by atoms with Gasteiger partial charge in [0.25, 0.3) is 5.91 Å². The lowest BCUT2D eigenvalue weighted by atomic mass is 9.85. The summed E-state index contributed by atoms with van der Waals surface area (Å²) < 4.78 is 10.8. The van der Waals surface area contributed by atoms with Gasteiger partial charge < -0.3 is 19.9 Å². The Morgan fingerprint density at radius 3 is 2.38 bits per heavy atom. The number of piperidine rings is 1. The van der Waals surface area contributed by atoms with Crippen molar-refractivity contribution in [3.8, 4) is 11.5 Å². The van der Waals surface area contributed by atoms with E-state index in [4.69, 9.17) is 14.6 Å². The number of carbonyl (C=O) groups excluding carboxylic acids is 2. The number of Topliss-reactive ketones (excluding diaryl/α,β-unsaturated/α-hetero) is 1. The molecule has 8 heteroatoms. The normalized spacial score (nSPS) is 17.9. The van der Waals surface area contributed by atoms with Crippen LogP contribution in [0.2, 0.25) is 0 Å². The molecule has 1 fully saturated rings. The Bertz CT molecular complexity index is 1120. The number of carboxylic acids is 1. The molecule has 2 aromatic carbocycles. The minimum absolute atomic E-state index is 0.0335. The van der Waals surface area contributed by atoms with E-state index in [1.54, 1.807) is 14.2 Å². The summed E-state index contributed by atoms with van der Waals surface area (Å²) in [6, 6.07) is 11.4. The number of methoxy groups -OCH3 is 2. The van der Waals surface area contributed by atoms with Crippen LogP contribution in [-0.4, -0.2) is 61.5 Å². The Morgan fingerprint density at radius 1 is 1.05 bits per heavy atom. The number of carboxylic acid groups (broad SMARTS) is 1. The van der Waals surface area contributed by atoms with Gasteiger partial charge in [-0.25, -0.2) is 0 Å². The lowest BCUT2D eigenvalue weighted by Gasteiger charge is -2.33. The molecule has 198 valence electrons. The highest BCUT2D eigenvalue weighted by atomic mass is 16.5. The van der Waals surface area contributed by atoms with Gasteiger partial charge in [-0.05, 0) is 86.5 Å². The fourth-order valence-corrected chi connectivity index (χ4v) is 5.43. The van der Waals surface area contributed by atoms with Crippen molar-refractivity contribution in [2.24, 2.45) is 11.8 Å². The van der Waals surface area contributed by atoms with Crippen LogP contribution >= 0.6 is 0 Å². The zero-order valence-corrected chi connectivity index (χ0v) is 21.6. The molecule has 2 aromatic rings. The van der Waals surface area contributed by atoms with Crippen LogP contribution in [0, 0.1) is 11.8 Å². The fraction of sp³-hybridized carbons (Fsp3) is 0.483. The van der Waals surface area contributed by atoms with E-state index in [1.807, 2.05) is 36.4 Å². The predicted octanol–water partition coefficient (Wildman–Crippen LogP) is 3.96. The van der Waals surface area contributed by atoms with Crippen molar-refractivity contribution in [2.75, 3.05) is 33.9 Å². The van der Waals surface area contributed by atoms with Crippen LogP contribution in [0.15, 0.2) is 36.4 Å². The second-order valence-electron chi connectivity index (χ2n) is 10.0. The molecule has 1 amide bonds.